The number of pyridine rings is 1. The third kappa shape index (κ3) is 3.79. The summed E-state index contributed by atoms with van der Waals surface area (Å²) in [5.41, 5.74) is 1.51. The minimum atomic E-state index is -0.547. The van der Waals surface area contributed by atoms with Crippen molar-refractivity contribution in [3.8, 4) is 0 Å². The Morgan fingerprint density at radius 1 is 0.875 bits per heavy atom. The van der Waals surface area contributed by atoms with E-state index in [1.54, 1.807) is 0 Å². The van der Waals surface area contributed by atoms with Crippen LogP contribution in [0.15, 0.2) is 72.8 Å². The molecule has 158 valence electrons. The van der Waals surface area contributed by atoms with Crippen LogP contribution in [0.3, 0.4) is 0 Å². The van der Waals surface area contributed by atoms with Gasteiger partial charge in [-0.25, -0.2) is 4.98 Å². The number of aromatic nitrogens is 1. The van der Waals surface area contributed by atoms with E-state index in [0.717, 1.165) is 31.8 Å². The van der Waals surface area contributed by atoms with E-state index in [2.05, 4.69) is 10.3 Å². The average molecular weight is 461 g/mol. The van der Waals surface area contributed by atoms with Gasteiger partial charge in [0.05, 0.1) is 16.2 Å². The summed E-state index contributed by atoms with van der Waals surface area (Å²) in [6.45, 7) is -0.237. The second-order valence-corrected chi connectivity index (χ2v) is 8.64. The zero-order valence-corrected chi connectivity index (χ0v) is 18.4. The summed E-state index contributed by atoms with van der Waals surface area (Å²) >= 11 is 7.63. The average Bonchev–Trinajstić information content (AvgIpc) is 3.17. The molecule has 1 N–H and O–H groups in total. The number of halogens is 1. The van der Waals surface area contributed by atoms with Crippen LogP contribution >= 0.6 is 22.9 Å². The topological polar surface area (TPSA) is 68.3 Å². The molecule has 7 heteroatoms. The molecule has 3 aromatic carbocycles. The molecular formula is C25H17ClN2O3S. The van der Waals surface area contributed by atoms with Crippen molar-refractivity contribution < 1.29 is 14.3 Å². The quantitative estimate of drug-likeness (QED) is 0.268. The third-order valence-corrected chi connectivity index (χ3v) is 6.87. The number of carbonyl (C=O) groups is 2. The van der Waals surface area contributed by atoms with E-state index in [4.69, 9.17) is 16.3 Å². The molecule has 0 unspecified atom stereocenters. The molecule has 0 atom stereocenters. The molecule has 0 spiro atoms. The number of rotatable bonds is 5. The SMILES string of the molecule is O=C(CNC(=O)c1sc2ccccc2c1Cl)OCc1nc2ccccc2c2ccccc12. The zero-order chi connectivity index (χ0) is 22.1. The van der Waals surface area contributed by atoms with Crippen molar-refractivity contribution in [2.45, 2.75) is 6.61 Å². The number of hydrogen-bond donors (Lipinski definition) is 1. The Balaban J connectivity index is 1.28. The Bertz CT molecular complexity index is 1500. The fourth-order valence-electron chi connectivity index (χ4n) is 3.68. The van der Waals surface area contributed by atoms with Gasteiger partial charge < -0.3 is 10.1 Å². The molecule has 5 rings (SSSR count). The van der Waals surface area contributed by atoms with Gasteiger partial charge in [0.1, 0.15) is 18.0 Å². The number of esters is 1. The molecule has 0 aliphatic carbocycles. The second-order valence-electron chi connectivity index (χ2n) is 7.21. The summed E-state index contributed by atoms with van der Waals surface area (Å²) in [7, 11) is 0. The summed E-state index contributed by atoms with van der Waals surface area (Å²) in [6, 6.07) is 23.3. The molecule has 5 aromatic rings. The Kier molecular flexibility index (Phi) is 5.47. The van der Waals surface area contributed by atoms with Gasteiger partial charge >= 0.3 is 5.97 Å². The second kappa shape index (κ2) is 8.57. The van der Waals surface area contributed by atoms with Gasteiger partial charge in [-0.1, -0.05) is 72.3 Å². The maximum Gasteiger partial charge on any atom is 0.325 e. The molecule has 1 amide bonds. The molecular weight excluding hydrogens is 444 g/mol. The van der Waals surface area contributed by atoms with Crippen LogP contribution in [0.2, 0.25) is 5.02 Å². The minimum Gasteiger partial charge on any atom is -0.458 e. The first-order valence-electron chi connectivity index (χ1n) is 9.99. The number of carbonyl (C=O) groups excluding carboxylic acids is 2. The monoisotopic (exact) mass is 460 g/mol. The largest absolute Gasteiger partial charge is 0.458 e. The molecule has 2 heterocycles. The van der Waals surface area contributed by atoms with Crippen LogP contribution in [0.25, 0.3) is 31.8 Å². The Morgan fingerprint density at radius 2 is 1.53 bits per heavy atom. The highest BCUT2D eigenvalue weighted by Crippen LogP contribution is 2.35. The molecule has 0 aliphatic rings. The third-order valence-electron chi connectivity index (χ3n) is 5.19. The normalized spacial score (nSPS) is 11.2. The lowest BCUT2D eigenvalue weighted by Crippen LogP contribution is -2.30. The lowest BCUT2D eigenvalue weighted by Gasteiger charge is -2.10. The fraction of sp³-hybridized carbons (Fsp3) is 0.0800. The first kappa shape index (κ1) is 20.4. The Labute approximate surface area is 192 Å². The standard InChI is InChI=1S/C25H17ClN2O3S/c26-23-18-10-4-6-12-21(18)32-24(23)25(30)27-13-22(29)31-14-20-17-9-2-1-7-15(17)16-8-3-5-11-19(16)28-20/h1-12H,13-14H2,(H,27,30). The van der Waals surface area contributed by atoms with Gasteiger partial charge in [0, 0.05) is 20.9 Å². The van der Waals surface area contributed by atoms with Crippen molar-refractivity contribution in [3.05, 3.63) is 88.4 Å². The number of fused-ring (bicyclic) bond motifs is 4. The van der Waals surface area contributed by atoms with Gasteiger partial charge in [0.25, 0.3) is 5.91 Å². The number of amides is 1. The van der Waals surface area contributed by atoms with Gasteiger partial charge in [0.15, 0.2) is 0 Å². The van der Waals surface area contributed by atoms with E-state index in [9.17, 15) is 9.59 Å². The van der Waals surface area contributed by atoms with Crippen molar-refractivity contribution in [1.29, 1.82) is 0 Å². The van der Waals surface area contributed by atoms with Crippen LogP contribution in [0.4, 0.5) is 0 Å². The molecule has 0 radical (unpaired) electrons. The van der Waals surface area contributed by atoms with E-state index in [-0.39, 0.29) is 13.2 Å². The van der Waals surface area contributed by atoms with Gasteiger partial charge in [-0.15, -0.1) is 11.3 Å². The van der Waals surface area contributed by atoms with Gasteiger partial charge in [-0.3, -0.25) is 9.59 Å². The number of benzene rings is 3. The maximum atomic E-state index is 12.5. The molecule has 32 heavy (non-hydrogen) atoms. The van der Waals surface area contributed by atoms with Crippen molar-refractivity contribution in [2.75, 3.05) is 6.54 Å². The van der Waals surface area contributed by atoms with E-state index in [1.165, 1.54) is 11.3 Å². The highest BCUT2D eigenvalue weighted by Gasteiger charge is 2.18. The summed E-state index contributed by atoms with van der Waals surface area (Å²) in [5, 5.41) is 6.84. The molecule has 0 bridgehead atoms. The van der Waals surface area contributed by atoms with Gasteiger partial charge in [-0.05, 0) is 17.5 Å². The minimum absolute atomic E-state index is 0.0176. The number of hydrogen-bond acceptors (Lipinski definition) is 5. The van der Waals surface area contributed by atoms with Crippen LogP contribution in [0.5, 0.6) is 0 Å². The van der Waals surface area contributed by atoms with Crippen molar-refractivity contribution in [2.24, 2.45) is 0 Å². The van der Waals surface area contributed by atoms with Gasteiger partial charge in [0.2, 0.25) is 0 Å². The summed E-state index contributed by atoms with van der Waals surface area (Å²) in [5.74, 6) is -0.947. The van der Waals surface area contributed by atoms with E-state index >= 15 is 0 Å². The van der Waals surface area contributed by atoms with Crippen LogP contribution in [-0.2, 0) is 16.1 Å². The molecule has 2 aromatic heterocycles. The van der Waals surface area contributed by atoms with Gasteiger partial charge in [-0.2, -0.15) is 0 Å². The van der Waals surface area contributed by atoms with Crippen LogP contribution in [0, 0.1) is 0 Å². The first-order valence-corrected chi connectivity index (χ1v) is 11.2. The predicted octanol–water partition coefficient (Wildman–Crippen LogP) is 5.73. The van der Waals surface area contributed by atoms with E-state index in [0.29, 0.717) is 15.6 Å². The number of ether oxygens (including phenoxy) is 1. The summed E-state index contributed by atoms with van der Waals surface area (Å²) in [6.07, 6.45) is 0. The number of nitrogens with one attached hydrogen (secondary N) is 1. The van der Waals surface area contributed by atoms with E-state index < -0.39 is 11.9 Å². The maximum absolute atomic E-state index is 12.5. The highest BCUT2D eigenvalue weighted by atomic mass is 35.5. The predicted molar refractivity (Wildman–Crippen MR) is 128 cm³/mol. The number of para-hydroxylation sites is 1. The van der Waals surface area contributed by atoms with Crippen molar-refractivity contribution in [1.82, 2.24) is 10.3 Å². The Hall–Kier alpha value is -3.48. The van der Waals surface area contributed by atoms with Crippen molar-refractivity contribution in [3.63, 3.8) is 0 Å². The van der Waals surface area contributed by atoms with E-state index in [1.807, 2.05) is 72.8 Å². The molecule has 0 aliphatic heterocycles. The summed E-state index contributed by atoms with van der Waals surface area (Å²) in [4.78, 5) is 29.9. The van der Waals surface area contributed by atoms with Crippen molar-refractivity contribution >= 4 is 66.6 Å². The molecule has 0 saturated carbocycles. The summed E-state index contributed by atoms with van der Waals surface area (Å²) < 4.78 is 6.33. The molecule has 5 nitrogen and oxygen atoms in total. The fourth-order valence-corrected chi connectivity index (χ4v) is 5.11. The molecule has 0 saturated heterocycles. The van der Waals surface area contributed by atoms with Crippen LogP contribution < -0.4 is 5.32 Å². The molecule has 0 fully saturated rings. The smallest absolute Gasteiger partial charge is 0.325 e. The zero-order valence-electron chi connectivity index (χ0n) is 16.8. The highest BCUT2D eigenvalue weighted by molar-refractivity contribution is 7.21. The van der Waals surface area contributed by atoms with Crippen LogP contribution in [0.1, 0.15) is 15.4 Å². The number of thiophene rings is 1. The lowest BCUT2D eigenvalue weighted by molar-refractivity contribution is -0.143. The Morgan fingerprint density at radius 3 is 2.31 bits per heavy atom. The lowest BCUT2D eigenvalue weighted by atomic mass is 10.0. The van der Waals surface area contributed by atoms with Crippen LogP contribution in [-0.4, -0.2) is 23.4 Å². The number of nitrogens with zero attached hydrogens (tertiary/aromatic N) is 1. The first-order chi connectivity index (χ1) is 15.6.